The van der Waals surface area contributed by atoms with Crippen LogP contribution in [-0.4, -0.2) is 11.6 Å². The fraction of sp³-hybridized carbons (Fsp3) is 0.0588. The van der Waals surface area contributed by atoms with E-state index in [0.717, 1.165) is 5.56 Å². The molecule has 92 valence electrons. The number of hydrogen-bond donors (Lipinski definition) is 0. The SMILES string of the molecule is CC1=C(c2ccccc2)C(=O)c2ccccc2C1=O. The van der Waals surface area contributed by atoms with E-state index in [-0.39, 0.29) is 11.6 Å². The molecular formula is C17H12O2. The lowest BCUT2D eigenvalue weighted by molar-refractivity contribution is 0.0992. The van der Waals surface area contributed by atoms with Gasteiger partial charge in [0.25, 0.3) is 0 Å². The quantitative estimate of drug-likeness (QED) is 0.773. The molecule has 0 spiro atoms. The molecular weight excluding hydrogens is 236 g/mol. The minimum Gasteiger partial charge on any atom is -0.289 e. The number of allylic oxidation sites excluding steroid dienone is 2. The molecule has 1 aliphatic rings. The summed E-state index contributed by atoms with van der Waals surface area (Å²) in [5.41, 5.74) is 2.84. The summed E-state index contributed by atoms with van der Waals surface area (Å²) in [6, 6.07) is 16.3. The lowest BCUT2D eigenvalue weighted by atomic mass is 9.82. The second-order valence-electron chi connectivity index (χ2n) is 4.57. The van der Waals surface area contributed by atoms with Crippen LogP contribution in [0.15, 0.2) is 60.2 Å². The number of hydrogen-bond acceptors (Lipinski definition) is 2. The van der Waals surface area contributed by atoms with Crippen LogP contribution in [0.1, 0.15) is 33.2 Å². The van der Waals surface area contributed by atoms with Crippen molar-refractivity contribution < 1.29 is 9.59 Å². The second kappa shape index (κ2) is 4.32. The zero-order valence-corrected chi connectivity index (χ0v) is 10.5. The summed E-state index contributed by atoms with van der Waals surface area (Å²) in [5.74, 6) is -0.132. The summed E-state index contributed by atoms with van der Waals surface area (Å²) in [7, 11) is 0. The molecule has 2 aromatic carbocycles. The van der Waals surface area contributed by atoms with Crippen LogP contribution in [0.3, 0.4) is 0 Å². The zero-order valence-electron chi connectivity index (χ0n) is 10.5. The van der Waals surface area contributed by atoms with E-state index in [1.165, 1.54) is 0 Å². The van der Waals surface area contributed by atoms with Crippen molar-refractivity contribution in [1.29, 1.82) is 0 Å². The summed E-state index contributed by atoms with van der Waals surface area (Å²) in [4.78, 5) is 24.9. The molecule has 0 saturated heterocycles. The van der Waals surface area contributed by atoms with Crippen molar-refractivity contribution in [2.45, 2.75) is 6.92 Å². The first-order valence-electron chi connectivity index (χ1n) is 6.15. The first kappa shape index (κ1) is 11.6. The maximum atomic E-state index is 12.6. The molecule has 0 fully saturated rings. The van der Waals surface area contributed by atoms with Gasteiger partial charge in [-0.3, -0.25) is 9.59 Å². The minimum absolute atomic E-state index is 0.0611. The molecule has 2 heteroatoms. The van der Waals surface area contributed by atoms with Crippen LogP contribution in [-0.2, 0) is 0 Å². The summed E-state index contributed by atoms with van der Waals surface area (Å²) >= 11 is 0. The van der Waals surface area contributed by atoms with Gasteiger partial charge in [-0.25, -0.2) is 0 Å². The number of Topliss-reactive ketones (excluding diaryl/α,β-unsaturated/α-hetero) is 2. The van der Waals surface area contributed by atoms with Crippen LogP contribution < -0.4 is 0 Å². The van der Waals surface area contributed by atoms with Crippen molar-refractivity contribution in [3.05, 3.63) is 76.9 Å². The fourth-order valence-electron chi connectivity index (χ4n) is 2.45. The fourth-order valence-corrected chi connectivity index (χ4v) is 2.45. The van der Waals surface area contributed by atoms with Gasteiger partial charge in [0, 0.05) is 22.3 Å². The largest absolute Gasteiger partial charge is 0.289 e. The Kier molecular flexibility index (Phi) is 2.64. The molecule has 0 N–H and O–H groups in total. The third-order valence-electron chi connectivity index (χ3n) is 3.42. The topological polar surface area (TPSA) is 34.1 Å². The predicted octanol–water partition coefficient (Wildman–Crippen LogP) is 3.54. The van der Waals surface area contributed by atoms with E-state index in [9.17, 15) is 9.59 Å². The summed E-state index contributed by atoms with van der Waals surface area (Å²) < 4.78 is 0. The van der Waals surface area contributed by atoms with Gasteiger partial charge in [-0.2, -0.15) is 0 Å². The summed E-state index contributed by atoms with van der Waals surface area (Å²) in [6.45, 7) is 1.72. The molecule has 3 rings (SSSR count). The minimum atomic E-state index is -0.0705. The molecule has 0 aromatic heterocycles. The van der Waals surface area contributed by atoms with Crippen LogP contribution in [0.5, 0.6) is 0 Å². The van der Waals surface area contributed by atoms with Crippen LogP contribution in [0.2, 0.25) is 0 Å². The van der Waals surface area contributed by atoms with Gasteiger partial charge in [0.05, 0.1) is 0 Å². The second-order valence-corrected chi connectivity index (χ2v) is 4.57. The van der Waals surface area contributed by atoms with E-state index in [4.69, 9.17) is 0 Å². The van der Waals surface area contributed by atoms with E-state index >= 15 is 0 Å². The lowest BCUT2D eigenvalue weighted by Crippen LogP contribution is -2.19. The average Bonchev–Trinajstić information content (AvgIpc) is 2.46. The van der Waals surface area contributed by atoms with Gasteiger partial charge in [-0.15, -0.1) is 0 Å². The van der Waals surface area contributed by atoms with Gasteiger partial charge in [-0.05, 0) is 12.5 Å². The van der Waals surface area contributed by atoms with Gasteiger partial charge < -0.3 is 0 Å². The Morgan fingerprint density at radius 2 is 1.21 bits per heavy atom. The number of carbonyl (C=O) groups is 2. The molecule has 19 heavy (non-hydrogen) atoms. The van der Waals surface area contributed by atoms with Crippen LogP contribution in [0.4, 0.5) is 0 Å². The highest BCUT2D eigenvalue weighted by atomic mass is 16.1. The maximum Gasteiger partial charge on any atom is 0.194 e. The van der Waals surface area contributed by atoms with Crippen molar-refractivity contribution in [2.24, 2.45) is 0 Å². The van der Waals surface area contributed by atoms with Gasteiger partial charge in [0.15, 0.2) is 11.6 Å². The zero-order chi connectivity index (χ0) is 13.4. The first-order valence-corrected chi connectivity index (χ1v) is 6.15. The molecule has 0 saturated carbocycles. The average molecular weight is 248 g/mol. The lowest BCUT2D eigenvalue weighted by Gasteiger charge is -2.19. The monoisotopic (exact) mass is 248 g/mol. The van der Waals surface area contributed by atoms with E-state index in [0.29, 0.717) is 22.3 Å². The molecule has 0 radical (unpaired) electrons. The number of carbonyl (C=O) groups excluding carboxylic acids is 2. The number of ketones is 2. The van der Waals surface area contributed by atoms with Crippen LogP contribution in [0, 0.1) is 0 Å². The highest BCUT2D eigenvalue weighted by molar-refractivity contribution is 6.40. The number of rotatable bonds is 1. The summed E-state index contributed by atoms with van der Waals surface area (Å²) in [6.07, 6.45) is 0. The Labute approximate surface area is 111 Å². The van der Waals surface area contributed by atoms with Gasteiger partial charge in [0.2, 0.25) is 0 Å². The molecule has 0 amide bonds. The van der Waals surface area contributed by atoms with Crippen molar-refractivity contribution in [1.82, 2.24) is 0 Å². The number of benzene rings is 2. The number of fused-ring (bicyclic) bond motifs is 1. The standard InChI is InChI=1S/C17H12O2/c1-11-15(12-7-3-2-4-8-12)17(19)14-10-6-5-9-13(14)16(11)18/h2-10H,1H3. The smallest absolute Gasteiger partial charge is 0.194 e. The van der Waals surface area contributed by atoms with E-state index in [1.54, 1.807) is 31.2 Å². The van der Waals surface area contributed by atoms with Crippen molar-refractivity contribution in [2.75, 3.05) is 0 Å². The Hall–Kier alpha value is -2.48. The first-order chi connectivity index (χ1) is 9.20. The normalized spacial score (nSPS) is 14.6. The highest BCUT2D eigenvalue weighted by Gasteiger charge is 2.29. The Morgan fingerprint density at radius 3 is 1.84 bits per heavy atom. The Morgan fingerprint density at radius 1 is 0.684 bits per heavy atom. The Balaban J connectivity index is 2.25. The van der Waals surface area contributed by atoms with E-state index in [2.05, 4.69) is 0 Å². The molecule has 0 bridgehead atoms. The molecule has 0 atom stereocenters. The predicted molar refractivity (Wildman–Crippen MR) is 74.1 cm³/mol. The molecule has 0 unspecified atom stereocenters. The molecule has 2 aromatic rings. The van der Waals surface area contributed by atoms with Crippen molar-refractivity contribution in [3.8, 4) is 0 Å². The van der Waals surface area contributed by atoms with E-state index < -0.39 is 0 Å². The maximum absolute atomic E-state index is 12.6. The van der Waals surface area contributed by atoms with Gasteiger partial charge >= 0.3 is 0 Å². The molecule has 2 nitrogen and oxygen atoms in total. The molecule has 0 aliphatic heterocycles. The van der Waals surface area contributed by atoms with Gasteiger partial charge in [-0.1, -0.05) is 54.6 Å². The third-order valence-corrected chi connectivity index (χ3v) is 3.42. The van der Waals surface area contributed by atoms with E-state index in [1.807, 2.05) is 30.3 Å². The highest BCUT2D eigenvalue weighted by Crippen LogP contribution is 2.31. The van der Waals surface area contributed by atoms with Crippen LogP contribution >= 0.6 is 0 Å². The van der Waals surface area contributed by atoms with Crippen LogP contribution in [0.25, 0.3) is 5.57 Å². The van der Waals surface area contributed by atoms with Crippen molar-refractivity contribution >= 4 is 17.1 Å². The third kappa shape index (κ3) is 1.73. The van der Waals surface area contributed by atoms with Crippen molar-refractivity contribution in [3.63, 3.8) is 0 Å². The summed E-state index contributed by atoms with van der Waals surface area (Å²) in [5, 5.41) is 0. The Bertz CT molecular complexity index is 709. The molecule has 1 aliphatic carbocycles. The van der Waals surface area contributed by atoms with Gasteiger partial charge in [0.1, 0.15) is 0 Å². The molecule has 0 heterocycles.